The summed E-state index contributed by atoms with van der Waals surface area (Å²) in [6.07, 6.45) is 1.95. The Hall–Kier alpha value is -2.41. The molecular formula is C21H21N. The van der Waals surface area contributed by atoms with Crippen LogP contribution in [0.25, 0.3) is 22.4 Å². The summed E-state index contributed by atoms with van der Waals surface area (Å²) < 4.78 is 0. The molecule has 0 fully saturated rings. The summed E-state index contributed by atoms with van der Waals surface area (Å²) >= 11 is 0. The normalized spacial score (nSPS) is 11.4. The zero-order valence-corrected chi connectivity index (χ0v) is 13.4. The van der Waals surface area contributed by atoms with Gasteiger partial charge in [0.05, 0.1) is 5.69 Å². The average Bonchev–Trinajstić information content (AvgIpc) is 2.55. The van der Waals surface area contributed by atoms with Crippen LogP contribution in [-0.4, -0.2) is 4.98 Å². The van der Waals surface area contributed by atoms with E-state index in [1.807, 2.05) is 24.4 Å². The van der Waals surface area contributed by atoms with Crippen molar-refractivity contribution in [2.24, 2.45) is 0 Å². The monoisotopic (exact) mass is 287 g/mol. The van der Waals surface area contributed by atoms with E-state index in [9.17, 15) is 0 Å². The van der Waals surface area contributed by atoms with Crippen LogP contribution in [-0.2, 0) is 5.41 Å². The van der Waals surface area contributed by atoms with E-state index in [1.165, 1.54) is 11.1 Å². The average molecular weight is 287 g/mol. The third-order valence-electron chi connectivity index (χ3n) is 3.92. The Morgan fingerprint density at radius 1 is 0.636 bits per heavy atom. The minimum Gasteiger partial charge on any atom is -0.256 e. The fourth-order valence-electron chi connectivity index (χ4n) is 2.51. The van der Waals surface area contributed by atoms with Gasteiger partial charge in [-0.05, 0) is 22.6 Å². The number of hydrogen-bond donors (Lipinski definition) is 0. The van der Waals surface area contributed by atoms with Crippen LogP contribution in [0.3, 0.4) is 0 Å². The lowest BCUT2D eigenvalue weighted by molar-refractivity contribution is 0.590. The molecule has 1 aromatic heterocycles. The molecule has 3 aromatic rings. The lowest BCUT2D eigenvalue weighted by atomic mass is 9.86. The van der Waals surface area contributed by atoms with Gasteiger partial charge < -0.3 is 0 Å². The van der Waals surface area contributed by atoms with Gasteiger partial charge in [-0.3, -0.25) is 4.98 Å². The molecule has 1 heteroatoms. The summed E-state index contributed by atoms with van der Waals surface area (Å²) in [5.41, 5.74) is 6.06. The van der Waals surface area contributed by atoms with E-state index >= 15 is 0 Å². The van der Waals surface area contributed by atoms with Crippen molar-refractivity contribution >= 4 is 0 Å². The molecule has 0 spiro atoms. The smallest absolute Gasteiger partial charge is 0.0702 e. The first kappa shape index (κ1) is 14.5. The Morgan fingerprint density at radius 3 is 1.82 bits per heavy atom. The minimum absolute atomic E-state index is 0.188. The van der Waals surface area contributed by atoms with E-state index < -0.39 is 0 Å². The Morgan fingerprint density at radius 2 is 1.27 bits per heavy atom. The molecule has 2 aromatic carbocycles. The van der Waals surface area contributed by atoms with Gasteiger partial charge in [-0.25, -0.2) is 0 Å². The molecule has 22 heavy (non-hydrogen) atoms. The highest BCUT2D eigenvalue weighted by atomic mass is 14.7. The first-order chi connectivity index (χ1) is 10.5. The van der Waals surface area contributed by atoms with Crippen molar-refractivity contribution in [2.45, 2.75) is 26.2 Å². The highest BCUT2D eigenvalue weighted by molar-refractivity contribution is 5.67. The number of pyridine rings is 1. The van der Waals surface area contributed by atoms with Crippen molar-refractivity contribution in [3.8, 4) is 22.4 Å². The first-order valence-electron chi connectivity index (χ1n) is 7.66. The fourth-order valence-corrected chi connectivity index (χ4v) is 2.51. The van der Waals surface area contributed by atoms with Gasteiger partial charge in [0.1, 0.15) is 0 Å². The summed E-state index contributed by atoms with van der Waals surface area (Å²) in [6, 6.07) is 23.3. The second kappa shape index (κ2) is 5.76. The predicted octanol–water partition coefficient (Wildman–Crippen LogP) is 5.71. The number of nitrogens with zero attached hydrogens (tertiary/aromatic N) is 1. The summed E-state index contributed by atoms with van der Waals surface area (Å²) in [6.45, 7) is 6.70. The molecule has 3 rings (SSSR count). The molecule has 0 bridgehead atoms. The molecule has 0 unspecified atom stereocenters. The highest BCUT2D eigenvalue weighted by Gasteiger charge is 2.13. The van der Waals surface area contributed by atoms with Gasteiger partial charge in [-0.15, -0.1) is 0 Å². The number of hydrogen-bond acceptors (Lipinski definition) is 1. The standard InChI is InChI=1S/C21H21N/c1-21(2,3)19-12-9-16(10-13-19)18-11-14-20(22-15-18)17-7-5-4-6-8-17/h4-15H,1-3H3. The van der Waals surface area contributed by atoms with Crippen molar-refractivity contribution in [1.29, 1.82) is 0 Å². The van der Waals surface area contributed by atoms with Crippen molar-refractivity contribution in [2.75, 3.05) is 0 Å². The number of aromatic nitrogens is 1. The van der Waals surface area contributed by atoms with Crippen molar-refractivity contribution < 1.29 is 0 Å². The zero-order valence-electron chi connectivity index (χ0n) is 13.4. The lowest BCUT2D eigenvalue weighted by Crippen LogP contribution is -2.10. The van der Waals surface area contributed by atoms with Crippen molar-refractivity contribution in [1.82, 2.24) is 4.98 Å². The molecule has 0 atom stereocenters. The topological polar surface area (TPSA) is 12.9 Å². The summed E-state index contributed by atoms with van der Waals surface area (Å²) in [4.78, 5) is 4.60. The van der Waals surface area contributed by atoms with Crippen molar-refractivity contribution in [3.63, 3.8) is 0 Å². The molecule has 0 aliphatic rings. The molecule has 0 saturated heterocycles. The molecule has 110 valence electrons. The molecule has 0 aliphatic heterocycles. The number of benzene rings is 2. The van der Waals surface area contributed by atoms with E-state index in [1.54, 1.807) is 0 Å². The lowest BCUT2D eigenvalue weighted by Gasteiger charge is -2.19. The summed E-state index contributed by atoms with van der Waals surface area (Å²) in [7, 11) is 0. The van der Waals surface area contributed by atoms with Crippen LogP contribution in [0.15, 0.2) is 72.9 Å². The summed E-state index contributed by atoms with van der Waals surface area (Å²) in [5, 5.41) is 0. The molecular weight excluding hydrogens is 266 g/mol. The second-order valence-corrected chi connectivity index (χ2v) is 6.63. The minimum atomic E-state index is 0.188. The van der Waals surface area contributed by atoms with E-state index in [4.69, 9.17) is 0 Å². The second-order valence-electron chi connectivity index (χ2n) is 6.63. The molecule has 0 saturated carbocycles. The maximum atomic E-state index is 4.60. The van der Waals surface area contributed by atoms with E-state index in [2.05, 4.69) is 74.3 Å². The number of rotatable bonds is 2. The van der Waals surface area contributed by atoms with Crippen molar-refractivity contribution in [3.05, 3.63) is 78.5 Å². The van der Waals surface area contributed by atoms with Crippen LogP contribution in [0.2, 0.25) is 0 Å². The Kier molecular flexibility index (Phi) is 3.81. The van der Waals surface area contributed by atoms with E-state index in [-0.39, 0.29) is 5.41 Å². The third kappa shape index (κ3) is 3.09. The molecule has 0 radical (unpaired) electrons. The zero-order chi connectivity index (χ0) is 15.6. The summed E-state index contributed by atoms with van der Waals surface area (Å²) in [5.74, 6) is 0. The molecule has 0 aliphatic carbocycles. The Balaban J connectivity index is 1.87. The van der Waals surface area contributed by atoms with Gasteiger partial charge in [0, 0.05) is 17.3 Å². The van der Waals surface area contributed by atoms with Gasteiger partial charge in [0.2, 0.25) is 0 Å². The van der Waals surface area contributed by atoms with Gasteiger partial charge >= 0.3 is 0 Å². The third-order valence-corrected chi connectivity index (χ3v) is 3.92. The Labute approximate surface area is 132 Å². The highest BCUT2D eigenvalue weighted by Crippen LogP contribution is 2.26. The van der Waals surface area contributed by atoms with Crippen LogP contribution in [0.1, 0.15) is 26.3 Å². The quantitative estimate of drug-likeness (QED) is 0.588. The van der Waals surface area contributed by atoms with Gasteiger partial charge in [0.25, 0.3) is 0 Å². The van der Waals surface area contributed by atoms with Crippen LogP contribution in [0, 0.1) is 0 Å². The molecule has 0 N–H and O–H groups in total. The molecule has 0 amide bonds. The van der Waals surface area contributed by atoms with Gasteiger partial charge in [-0.2, -0.15) is 0 Å². The Bertz CT molecular complexity index is 733. The van der Waals surface area contributed by atoms with E-state index in [0.29, 0.717) is 0 Å². The molecule has 1 nitrogen and oxygen atoms in total. The van der Waals surface area contributed by atoms with Gasteiger partial charge in [-0.1, -0.05) is 81.4 Å². The SMILES string of the molecule is CC(C)(C)c1ccc(-c2ccc(-c3ccccc3)nc2)cc1. The van der Waals surface area contributed by atoms with Crippen LogP contribution >= 0.6 is 0 Å². The fraction of sp³-hybridized carbons (Fsp3) is 0.190. The predicted molar refractivity (Wildman–Crippen MR) is 93.8 cm³/mol. The van der Waals surface area contributed by atoms with Crippen LogP contribution in [0.4, 0.5) is 0 Å². The maximum Gasteiger partial charge on any atom is 0.0702 e. The van der Waals surface area contributed by atoms with E-state index in [0.717, 1.165) is 16.8 Å². The largest absolute Gasteiger partial charge is 0.256 e. The molecule has 1 heterocycles. The maximum absolute atomic E-state index is 4.60. The van der Waals surface area contributed by atoms with Gasteiger partial charge in [0.15, 0.2) is 0 Å². The van der Waals surface area contributed by atoms with Crippen LogP contribution < -0.4 is 0 Å². The first-order valence-corrected chi connectivity index (χ1v) is 7.66. The van der Waals surface area contributed by atoms with Crippen LogP contribution in [0.5, 0.6) is 0 Å².